The Kier molecular flexibility index (Phi) is 9.31. The summed E-state index contributed by atoms with van der Waals surface area (Å²) in [6.07, 6.45) is -0.249. The highest BCUT2D eigenvalue weighted by Crippen LogP contribution is 2.45. The number of ether oxygens (including phenoxy) is 2. The van der Waals surface area contributed by atoms with E-state index >= 15 is 0 Å². The maximum Gasteiger partial charge on any atom is 0.252 e. The Morgan fingerprint density at radius 3 is 2.44 bits per heavy atom. The molecule has 0 unspecified atom stereocenters. The second-order valence-corrected chi connectivity index (χ2v) is 10.0. The molecule has 1 heterocycles. The molecule has 0 saturated heterocycles. The van der Waals surface area contributed by atoms with Crippen molar-refractivity contribution in [3.63, 3.8) is 0 Å². The monoisotopic (exact) mass is 579 g/mol. The van der Waals surface area contributed by atoms with E-state index in [9.17, 15) is 14.7 Å². The van der Waals surface area contributed by atoms with Crippen molar-refractivity contribution in [1.29, 1.82) is 0 Å². The highest BCUT2D eigenvalue weighted by Gasteiger charge is 2.53. The Morgan fingerprint density at radius 1 is 1.00 bits per heavy atom. The van der Waals surface area contributed by atoms with Crippen molar-refractivity contribution < 1.29 is 23.8 Å². The fourth-order valence-electron chi connectivity index (χ4n) is 4.95. The molecule has 0 fully saturated rings. The molecule has 5 rings (SSSR count). The van der Waals surface area contributed by atoms with Gasteiger partial charge in [0.1, 0.15) is 11.6 Å². The molecule has 10 heteroatoms. The van der Waals surface area contributed by atoms with E-state index in [-0.39, 0.29) is 31.3 Å². The van der Waals surface area contributed by atoms with Crippen LogP contribution in [0.2, 0.25) is 0 Å². The highest BCUT2D eigenvalue weighted by atomic mass is 19.1. The van der Waals surface area contributed by atoms with Gasteiger partial charge in [0.05, 0.1) is 6.61 Å². The average Bonchev–Trinajstić information content (AvgIpc) is 3.42. The van der Waals surface area contributed by atoms with Crippen molar-refractivity contribution in [1.82, 2.24) is 5.32 Å². The van der Waals surface area contributed by atoms with Crippen molar-refractivity contribution in [2.75, 3.05) is 13.2 Å². The van der Waals surface area contributed by atoms with Gasteiger partial charge in [0.25, 0.3) is 5.91 Å². The van der Waals surface area contributed by atoms with E-state index in [0.717, 1.165) is 11.1 Å². The number of hydrogen-bond donors (Lipinski definition) is 2. The minimum Gasteiger partial charge on any atom is -0.494 e. The number of aliphatic imine (C=N–C) groups is 1. The summed E-state index contributed by atoms with van der Waals surface area (Å²) in [5, 5.41) is 15.9. The smallest absolute Gasteiger partial charge is 0.252 e. The van der Waals surface area contributed by atoms with Crippen molar-refractivity contribution in [2.24, 2.45) is 10.1 Å². The number of nitrogens with one attached hydrogen (secondary N) is 1. The number of nitrogens with zero attached hydrogens (tertiary/aromatic N) is 4. The van der Waals surface area contributed by atoms with E-state index in [1.54, 1.807) is 60.7 Å². The minimum atomic E-state index is -1.49. The van der Waals surface area contributed by atoms with Gasteiger partial charge in [0.2, 0.25) is 5.90 Å². The van der Waals surface area contributed by atoms with Crippen LogP contribution in [0.1, 0.15) is 34.8 Å². The summed E-state index contributed by atoms with van der Waals surface area (Å²) in [6, 6.07) is 29.5. The lowest BCUT2D eigenvalue weighted by molar-refractivity contribution is -0.129. The Balaban J connectivity index is 1.58. The van der Waals surface area contributed by atoms with Gasteiger partial charge in [-0.1, -0.05) is 71.8 Å². The van der Waals surface area contributed by atoms with E-state index in [4.69, 9.17) is 19.6 Å². The van der Waals surface area contributed by atoms with Crippen LogP contribution in [0.5, 0.6) is 5.75 Å². The number of hydrogen-bond acceptors (Lipinski definition) is 6. The molecule has 0 radical (unpaired) electrons. The topological polar surface area (TPSA) is 129 Å². The maximum absolute atomic E-state index is 14.3. The van der Waals surface area contributed by atoms with Gasteiger partial charge in [-0.25, -0.2) is 9.38 Å². The zero-order valence-corrected chi connectivity index (χ0v) is 23.3. The summed E-state index contributed by atoms with van der Waals surface area (Å²) in [7, 11) is 0. The number of carbonyl (C=O) groups excluding carboxylic acids is 1. The summed E-state index contributed by atoms with van der Waals surface area (Å²) in [4.78, 5) is 22.3. The molecule has 1 aliphatic heterocycles. The highest BCUT2D eigenvalue weighted by molar-refractivity contribution is 6.01. The van der Waals surface area contributed by atoms with Crippen LogP contribution in [0.4, 0.5) is 10.1 Å². The molecule has 0 saturated carbocycles. The van der Waals surface area contributed by atoms with Crippen LogP contribution in [-0.2, 0) is 22.5 Å². The number of aliphatic hydroxyl groups excluding tert-OH is 1. The maximum atomic E-state index is 14.3. The molecule has 0 aromatic heterocycles. The summed E-state index contributed by atoms with van der Waals surface area (Å²) in [5.74, 6) is 0.0955. The standard InChI is InChI=1S/C33H30FN5O4/c34-26-15-11-24(12-16-26)22-36-32(41)33(21-23-7-2-1-3-8-23)30(28-9-4-5-10-29(28)38-39-35)43-31(37-33)25-13-17-27(18-14-25)42-20-6-19-40/h1-5,7-18,30,40H,6,19-22H2,(H,36,41)/t30-,33-/m1/s1. The number of carbonyl (C=O) groups is 1. The number of halogens is 1. The van der Waals surface area contributed by atoms with Gasteiger partial charge in [-0.05, 0) is 53.1 Å². The van der Waals surface area contributed by atoms with Crippen LogP contribution in [0, 0.1) is 5.82 Å². The lowest BCUT2D eigenvalue weighted by Crippen LogP contribution is -2.49. The molecule has 9 nitrogen and oxygen atoms in total. The number of rotatable bonds is 12. The molecular weight excluding hydrogens is 549 g/mol. The van der Waals surface area contributed by atoms with Gasteiger partial charge in [0.15, 0.2) is 11.6 Å². The van der Waals surface area contributed by atoms with Crippen molar-refractivity contribution >= 4 is 17.5 Å². The van der Waals surface area contributed by atoms with Gasteiger partial charge in [-0.3, -0.25) is 4.79 Å². The van der Waals surface area contributed by atoms with Crippen molar-refractivity contribution in [2.45, 2.75) is 31.0 Å². The van der Waals surface area contributed by atoms with Gasteiger partial charge >= 0.3 is 0 Å². The molecule has 0 bridgehead atoms. The number of aliphatic hydroxyl groups is 1. The van der Waals surface area contributed by atoms with E-state index in [2.05, 4.69) is 15.3 Å². The molecule has 1 amide bonds. The third kappa shape index (κ3) is 6.83. The van der Waals surface area contributed by atoms with Crippen LogP contribution >= 0.6 is 0 Å². The first-order valence-electron chi connectivity index (χ1n) is 13.8. The first-order chi connectivity index (χ1) is 21.0. The lowest BCUT2D eigenvalue weighted by atomic mass is 9.81. The molecule has 1 aliphatic rings. The zero-order chi connectivity index (χ0) is 30.1. The summed E-state index contributed by atoms with van der Waals surface area (Å²) >= 11 is 0. The van der Waals surface area contributed by atoms with Crippen LogP contribution in [-0.4, -0.2) is 35.7 Å². The predicted molar refractivity (Wildman–Crippen MR) is 160 cm³/mol. The fourth-order valence-corrected chi connectivity index (χ4v) is 4.95. The summed E-state index contributed by atoms with van der Waals surface area (Å²) in [6.45, 7) is 0.555. The summed E-state index contributed by atoms with van der Waals surface area (Å²) < 4.78 is 25.7. The van der Waals surface area contributed by atoms with Gasteiger partial charge in [-0.15, -0.1) is 0 Å². The number of benzene rings is 4. The number of azide groups is 1. The molecule has 2 N–H and O–H groups in total. The molecule has 43 heavy (non-hydrogen) atoms. The number of amides is 1. The molecule has 218 valence electrons. The first kappa shape index (κ1) is 29.3. The van der Waals surface area contributed by atoms with Crippen LogP contribution in [0.25, 0.3) is 10.4 Å². The van der Waals surface area contributed by atoms with E-state index in [0.29, 0.717) is 35.6 Å². The Labute approximate surface area is 248 Å². The summed E-state index contributed by atoms with van der Waals surface area (Å²) in [5.41, 5.74) is 10.8. The van der Waals surface area contributed by atoms with Crippen LogP contribution in [0.15, 0.2) is 113 Å². The van der Waals surface area contributed by atoms with Crippen molar-refractivity contribution in [3.8, 4) is 5.75 Å². The third-order valence-electron chi connectivity index (χ3n) is 7.08. The SMILES string of the molecule is [N-]=[N+]=Nc1ccccc1[C@H]1OC(c2ccc(OCCCO)cc2)=N[C@@]1(Cc1ccccc1)C(=O)NCc1ccc(F)cc1. The fraction of sp³-hybridized carbons (Fsp3) is 0.212. The van der Waals surface area contributed by atoms with Crippen LogP contribution in [0.3, 0.4) is 0 Å². The first-order valence-corrected chi connectivity index (χ1v) is 13.8. The predicted octanol–water partition coefficient (Wildman–Crippen LogP) is 6.34. The second kappa shape index (κ2) is 13.7. The second-order valence-electron chi connectivity index (χ2n) is 10.0. The quantitative estimate of drug-likeness (QED) is 0.0878. The molecule has 4 aromatic rings. The molecular formula is C33H30FN5O4. The largest absolute Gasteiger partial charge is 0.494 e. The third-order valence-corrected chi connectivity index (χ3v) is 7.08. The van der Waals surface area contributed by atoms with Crippen molar-refractivity contribution in [3.05, 3.63) is 142 Å². The Hall–Kier alpha value is -5.18. The normalized spacial score (nSPS) is 17.3. The Bertz CT molecular complexity index is 1620. The van der Waals surface area contributed by atoms with Gasteiger partial charge in [0, 0.05) is 47.7 Å². The molecule has 0 aliphatic carbocycles. The van der Waals surface area contributed by atoms with Gasteiger partial charge < -0.3 is 19.9 Å². The Morgan fingerprint density at radius 2 is 1.72 bits per heavy atom. The van der Waals surface area contributed by atoms with E-state index in [1.165, 1.54) is 12.1 Å². The molecule has 2 atom stereocenters. The van der Waals surface area contributed by atoms with Crippen LogP contribution < -0.4 is 10.1 Å². The van der Waals surface area contributed by atoms with E-state index < -0.39 is 17.6 Å². The molecule has 4 aromatic carbocycles. The lowest BCUT2D eigenvalue weighted by Gasteiger charge is -2.31. The molecule has 0 spiro atoms. The van der Waals surface area contributed by atoms with Gasteiger partial charge in [-0.2, -0.15) is 0 Å². The average molecular weight is 580 g/mol. The van der Waals surface area contributed by atoms with E-state index in [1.807, 2.05) is 30.3 Å². The zero-order valence-electron chi connectivity index (χ0n) is 23.3. The minimum absolute atomic E-state index is 0.0359.